The van der Waals surface area contributed by atoms with Gasteiger partial charge in [0.25, 0.3) is 0 Å². The van der Waals surface area contributed by atoms with Crippen LogP contribution in [0.25, 0.3) is 0 Å². The summed E-state index contributed by atoms with van der Waals surface area (Å²) in [6.07, 6.45) is 0.824. The van der Waals surface area contributed by atoms with Crippen LogP contribution in [0.2, 0.25) is 5.02 Å². The van der Waals surface area contributed by atoms with Gasteiger partial charge in [-0.1, -0.05) is 55.4 Å². The lowest BCUT2D eigenvalue weighted by Gasteiger charge is -2.28. The van der Waals surface area contributed by atoms with Gasteiger partial charge in [-0.3, -0.25) is 9.69 Å². The number of carboxylic acid groups (broad SMARTS) is 1. The van der Waals surface area contributed by atoms with E-state index in [1.807, 2.05) is 67.3 Å². The molecule has 0 saturated carbocycles. The van der Waals surface area contributed by atoms with Gasteiger partial charge in [0.2, 0.25) is 0 Å². The summed E-state index contributed by atoms with van der Waals surface area (Å²) in [6, 6.07) is 15.6. The number of halogens is 1. The molecule has 1 atom stereocenters. The summed E-state index contributed by atoms with van der Waals surface area (Å²) in [5.74, 6) is -0.0236. The van der Waals surface area contributed by atoms with Gasteiger partial charge >= 0.3 is 5.97 Å². The Balaban J connectivity index is 2.08. The van der Waals surface area contributed by atoms with Crippen molar-refractivity contribution in [1.82, 2.24) is 4.90 Å². The molecule has 0 aliphatic heterocycles. The molecule has 0 aliphatic carbocycles. The molecule has 0 spiro atoms. The van der Waals surface area contributed by atoms with Gasteiger partial charge in [0.15, 0.2) is 0 Å². The Morgan fingerprint density at radius 1 is 1.23 bits per heavy atom. The smallest absolute Gasteiger partial charge is 0.317 e. The number of nitrogens with zero attached hydrogens (tertiary/aromatic N) is 1. The molecule has 2 aromatic carbocycles. The lowest BCUT2D eigenvalue weighted by molar-refractivity contribution is -0.139. The third kappa shape index (κ3) is 6.24. The minimum Gasteiger partial charge on any atom is -0.491 e. The molecular formula is C20H24ClNO3S. The number of benzene rings is 2. The second kappa shape index (κ2) is 10.5. The number of aliphatic carboxylic acids is 1. The maximum atomic E-state index is 11.1. The van der Waals surface area contributed by atoms with Crippen molar-refractivity contribution in [3.8, 4) is 5.75 Å². The average molecular weight is 394 g/mol. The SMILES string of the molecule is CCC(COc1ccccc1Sc1cccc(Cl)c1)N(CC)CC(=O)O. The van der Waals surface area contributed by atoms with Crippen molar-refractivity contribution in [2.24, 2.45) is 0 Å². The molecule has 2 aromatic rings. The fourth-order valence-electron chi connectivity index (χ4n) is 2.65. The van der Waals surface area contributed by atoms with Gasteiger partial charge in [-0.05, 0) is 43.3 Å². The van der Waals surface area contributed by atoms with E-state index in [4.69, 9.17) is 21.4 Å². The monoisotopic (exact) mass is 393 g/mol. The summed E-state index contributed by atoms with van der Waals surface area (Å²) >= 11 is 7.66. The highest BCUT2D eigenvalue weighted by Crippen LogP contribution is 2.35. The highest BCUT2D eigenvalue weighted by molar-refractivity contribution is 7.99. The molecule has 0 saturated heterocycles. The standard InChI is InChI=1S/C20H24ClNO3S/c1-3-16(22(4-2)13-20(23)24)14-25-18-10-5-6-11-19(18)26-17-9-7-8-15(21)12-17/h5-12,16H,3-4,13-14H2,1-2H3,(H,23,24). The number of hydrogen-bond acceptors (Lipinski definition) is 4. The van der Waals surface area contributed by atoms with Crippen LogP contribution in [0, 0.1) is 0 Å². The predicted molar refractivity (Wildman–Crippen MR) is 106 cm³/mol. The van der Waals surface area contributed by atoms with Crippen molar-refractivity contribution in [2.75, 3.05) is 19.7 Å². The van der Waals surface area contributed by atoms with E-state index in [0.29, 0.717) is 18.2 Å². The van der Waals surface area contributed by atoms with Crippen molar-refractivity contribution in [2.45, 2.75) is 36.1 Å². The Hall–Kier alpha value is -1.69. The number of likely N-dealkylation sites (N-methyl/N-ethyl adjacent to an activating group) is 1. The molecule has 26 heavy (non-hydrogen) atoms. The molecule has 0 radical (unpaired) electrons. The number of carboxylic acids is 1. The molecular weight excluding hydrogens is 370 g/mol. The van der Waals surface area contributed by atoms with Crippen LogP contribution in [0.1, 0.15) is 20.3 Å². The normalized spacial score (nSPS) is 12.2. The van der Waals surface area contributed by atoms with E-state index < -0.39 is 5.97 Å². The lowest BCUT2D eigenvalue weighted by Crippen LogP contribution is -2.42. The Bertz CT molecular complexity index is 726. The third-order valence-electron chi connectivity index (χ3n) is 4.04. The van der Waals surface area contributed by atoms with Gasteiger partial charge in [0.05, 0.1) is 11.4 Å². The first kappa shape index (κ1) is 20.6. The highest BCUT2D eigenvalue weighted by atomic mass is 35.5. The van der Waals surface area contributed by atoms with Crippen molar-refractivity contribution in [3.05, 3.63) is 53.6 Å². The summed E-state index contributed by atoms with van der Waals surface area (Å²) in [5.41, 5.74) is 0. The molecule has 1 N–H and O–H groups in total. The number of carbonyl (C=O) groups is 1. The predicted octanol–water partition coefficient (Wildman–Crippen LogP) is 5.06. The van der Waals surface area contributed by atoms with Gasteiger partial charge in [0, 0.05) is 16.0 Å². The molecule has 4 nitrogen and oxygen atoms in total. The molecule has 0 aromatic heterocycles. The van der Waals surface area contributed by atoms with Crippen molar-refractivity contribution in [3.63, 3.8) is 0 Å². The average Bonchev–Trinajstić information content (AvgIpc) is 2.62. The van der Waals surface area contributed by atoms with Gasteiger partial charge in [-0.15, -0.1) is 0 Å². The first-order valence-electron chi connectivity index (χ1n) is 8.64. The van der Waals surface area contributed by atoms with E-state index in [1.54, 1.807) is 11.8 Å². The van der Waals surface area contributed by atoms with Crippen molar-refractivity contribution in [1.29, 1.82) is 0 Å². The highest BCUT2D eigenvalue weighted by Gasteiger charge is 2.19. The summed E-state index contributed by atoms with van der Waals surface area (Å²) in [6.45, 7) is 5.16. The maximum Gasteiger partial charge on any atom is 0.317 e. The topological polar surface area (TPSA) is 49.8 Å². The van der Waals surface area contributed by atoms with Crippen LogP contribution in [-0.2, 0) is 4.79 Å². The lowest BCUT2D eigenvalue weighted by atomic mass is 10.2. The van der Waals surface area contributed by atoms with Gasteiger partial charge < -0.3 is 9.84 Å². The van der Waals surface area contributed by atoms with Gasteiger partial charge in [-0.25, -0.2) is 0 Å². The van der Waals surface area contributed by atoms with E-state index in [2.05, 4.69) is 0 Å². The van der Waals surface area contributed by atoms with E-state index in [-0.39, 0.29) is 12.6 Å². The Labute approximate surface area is 164 Å². The molecule has 140 valence electrons. The van der Waals surface area contributed by atoms with E-state index in [1.165, 1.54) is 0 Å². The molecule has 0 amide bonds. The van der Waals surface area contributed by atoms with Crippen LogP contribution in [0.5, 0.6) is 5.75 Å². The molecule has 1 unspecified atom stereocenters. The minimum atomic E-state index is -0.817. The van der Waals surface area contributed by atoms with E-state index >= 15 is 0 Å². The van der Waals surface area contributed by atoms with Crippen molar-refractivity contribution >= 4 is 29.3 Å². The molecule has 0 bridgehead atoms. The third-order valence-corrected chi connectivity index (χ3v) is 5.32. The van der Waals surface area contributed by atoms with Crippen LogP contribution < -0.4 is 4.74 Å². The summed E-state index contributed by atoms with van der Waals surface area (Å²) in [5, 5.41) is 9.78. The second-order valence-corrected chi connectivity index (χ2v) is 7.39. The second-order valence-electron chi connectivity index (χ2n) is 5.84. The molecule has 0 fully saturated rings. The summed E-state index contributed by atoms with van der Waals surface area (Å²) in [7, 11) is 0. The van der Waals surface area contributed by atoms with Crippen LogP contribution in [0.15, 0.2) is 58.3 Å². The largest absolute Gasteiger partial charge is 0.491 e. The van der Waals surface area contributed by atoms with Crippen LogP contribution >= 0.6 is 23.4 Å². The molecule has 0 aliphatic rings. The fourth-order valence-corrected chi connectivity index (χ4v) is 3.87. The molecule has 0 heterocycles. The summed E-state index contributed by atoms with van der Waals surface area (Å²) in [4.78, 5) is 15.0. The number of hydrogen-bond donors (Lipinski definition) is 1. The Morgan fingerprint density at radius 3 is 2.65 bits per heavy atom. The molecule has 2 rings (SSSR count). The maximum absolute atomic E-state index is 11.1. The van der Waals surface area contributed by atoms with Crippen LogP contribution in [0.3, 0.4) is 0 Å². The number of para-hydroxylation sites is 1. The zero-order valence-corrected chi connectivity index (χ0v) is 16.6. The fraction of sp³-hybridized carbons (Fsp3) is 0.350. The Kier molecular flexibility index (Phi) is 8.29. The minimum absolute atomic E-state index is 0.0251. The zero-order valence-electron chi connectivity index (χ0n) is 15.0. The summed E-state index contributed by atoms with van der Waals surface area (Å²) < 4.78 is 6.07. The van der Waals surface area contributed by atoms with Gasteiger partial charge in [-0.2, -0.15) is 0 Å². The quantitative estimate of drug-likeness (QED) is 0.611. The van der Waals surface area contributed by atoms with E-state index in [9.17, 15) is 4.79 Å². The van der Waals surface area contributed by atoms with Gasteiger partial charge in [0.1, 0.15) is 12.4 Å². The number of ether oxygens (including phenoxy) is 1. The first-order chi connectivity index (χ1) is 12.5. The molecule has 6 heteroatoms. The van der Waals surface area contributed by atoms with Crippen molar-refractivity contribution < 1.29 is 14.6 Å². The Morgan fingerprint density at radius 2 is 2.00 bits per heavy atom. The zero-order chi connectivity index (χ0) is 18.9. The first-order valence-corrected chi connectivity index (χ1v) is 9.84. The number of rotatable bonds is 10. The van der Waals surface area contributed by atoms with E-state index in [0.717, 1.165) is 22.0 Å². The van der Waals surface area contributed by atoms with Crippen LogP contribution in [0.4, 0.5) is 0 Å². The van der Waals surface area contributed by atoms with Crippen LogP contribution in [-0.4, -0.2) is 41.7 Å².